The van der Waals surface area contributed by atoms with Crippen LogP contribution in [-0.4, -0.2) is 16.8 Å². The van der Waals surface area contributed by atoms with Crippen molar-refractivity contribution in [3.05, 3.63) is 46.4 Å². The second-order valence-corrected chi connectivity index (χ2v) is 10.5. The molecule has 2 amide bonds. The van der Waals surface area contributed by atoms with E-state index in [1.165, 1.54) is 32.9 Å². The number of rotatable bonds is 4. The number of hydrogen-bond acceptors (Lipinski definition) is 4. The van der Waals surface area contributed by atoms with Gasteiger partial charge in [0.25, 0.3) is 0 Å². The van der Waals surface area contributed by atoms with Gasteiger partial charge in [-0.3, -0.25) is 9.59 Å². The molecule has 0 N–H and O–H groups in total. The van der Waals surface area contributed by atoms with Crippen molar-refractivity contribution in [2.45, 2.75) is 47.0 Å². The summed E-state index contributed by atoms with van der Waals surface area (Å²) >= 11 is 1.39. The van der Waals surface area contributed by atoms with Crippen molar-refractivity contribution in [3.63, 3.8) is 0 Å². The summed E-state index contributed by atoms with van der Waals surface area (Å²) in [5.41, 5.74) is 5.84. The van der Waals surface area contributed by atoms with Gasteiger partial charge in [-0.2, -0.15) is 0 Å². The molecule has 1 aliphatic heterocycles. The summed E-state index contributed by atoms with van der Waals surface area (Å²) in [6, 6.07) is 8.45. The second kappa shape index (κ2) is 7.16. The van der Waals surface area contributed by atoms with Gasteiger partial charge in [0, 0.05) is 10.9 Å². The monoisotopic (exact) mass is 420 g/mol. The highest BCUT2D eigenvalue weighted by atomic mass is 32.1. The minimum Gasteiger partial charge on any atom is -0.274 e. The van der Waals surface area contributed by atoms with Gasteiger partial charge >= 0.3 is 0 Å². The molecule has 30 heavy (non-hydrogen) atoms. The number of benzene rings is 1. The molecule has 2 bridgehead atoms. The van der Waals surface area contributed by atoms with Gasteiger partial charge in [0.05, 0.1) is 17.5 Å². The van der Waals surface area contributed by atoms with Gasteiger partial charge in [0.1, 0.15) is 0 Å². The van der Waals surface area contributed by atoms with Crippen molar-refractivity contribution in [3.8, 4) is 11.3 Å². The maximum Gasteiger partial charge on any atom is 0.240 e. The fraction of sp³-hybridized carbons (Fsp3) is 0.480. The zero-order valence-corrected chi connectivity index (χ0v) is 18.8. The molecule has 1 saturated heterocycles. The third-order valence-electron chi connectivity index (χ3n) is 7.01. The molecule has 3 fully saturated rings. The molecule has 0 spiro atoms. The van der Waals surface area contributed by atoms with Crippen molar-refractivity contribution in [1.82, 2.24) is 4.98 Å². The van der Waals surface area contributed by atoms with E-state index in [0.717, 1.165) is 30.5 Å². The minimum absolute atomic E-state index is 0.0378. The lowest BCUT2D eigenvalue weighted by atomic mass is 9.81. The van der Waals surface area contributed by atoms with Crippen LogP contribution in [0.15, 0.2) is 40.8 Å². The number of allylic oxidation sites excluding steroid dienone is 2. The molecular weight excluding hydrogens is 392 g/mol. The normalized spacial score (nSPS) is 27.5. The molecule has 2 aromatic rings. The predicted octanol–water partition coefficient (Wildman–Crippen LogP) is 5.49. The largest absolute Gasteiger partial charge is 0.274 e. The number of nitrogens with zero attached hydrogens (tertiary/aromatic N) is 2. The summed E-state index contributed by atoms with van der Waals surface area (Å²) in [6.07, 6.45) is 3.12. The topological polar surface area (TPSA) is 50.3 Å². The highest BCUT2D eigenvalue weighted by Crippen LogP contribution is 2.60. The fourth-order valence-electron chi connectivity index (χ4n) is 5.96. The Bertz CT molecular complexity index is 1010. The Morgan fingerprint density at radius 3 is 2.20 bits per heavy atom. The Kier molecular flexibility index (Phi) is 4.69. The number of anilines is 1. The third-order valence-corrected chi connectivity index (χ3v) is 7.83. The number of carbonyl (C=O) groups is 2. The standard InChI is InChI=1S/C25H28N2O2S/c1-13(2)11-15-5-7-16(8-6-15)19-12-30-25(26-19)27-23(28)21-17-9-10-18(20(17)14(3)4)22(21)24(27)29/h5-8,12-13,17-18,21-22H,9-11H2,1-4H3/t17-,18+,21-,22-/m0/s1. The Hall–Kier alpha value is -2.27. The van der Waals surface area contributed by atoms with Gasteiger partial charge in [-0.25, -0.2) is 9.88 Å². The van der Waals surface area contributed by atoms with Crippen LogP contribution in [0.1, 0.15) is 46.1 Å². The van der Waals surface area contributed by atoms with E-state index in [4.69, 9.17) is 4.98 Å². The van der Waals surface area contributed by atoms with Crippen molar-refractivity contribution in [2.75, 3.05) is 4.90 Å². The SMILES string of the molecule is CC(C)=C1[C@H]2CC[C@@H]1[C@@H]1C(=O)N(c3nc(-c4ccc(CC(C)C)cc4)cs3)C(=O)[C@H]12. The van der Waals surface area contributed by atoms with Gasteiger partial charge in [-0.1, -0.05) is 49.3 Å². The molecule has 4 nitrogen and oxygen atoms in total. The van der Waals surface area contributed by atoms with Crippen LogP contribution in [0.2, 0.25) is 0 Å². The third kappa shape index (κ3) is 2.89. The van der Waals surface area contributed by atoms with Gasteiger partial charge in [0.15, 0.2) is 5.13 Å². The van der Waals surface area contributed by atoms with Crippen LogP contribution in [0.5, 0.6) is 0 Å². The fourth-order valence-corrected chi connectivity index (χ4v) is 6.80. The Morgan fingerprint density at radius 2 is 1.67 bits per heavy atom. The molecule has 3 aliphatic rings. The first-order valence-corrected chi connectivity index (χ1v) is 11.8. The van der Waals surface area contributed by atoms with Gasteiger partial charge in [0.2, 0.25) is 11.8 Å². The highest BCUT2D eigenvalue weighted by molar-refractivity contribution is 7.14. The van der Waals surface area contributed by atoms with E-state index in [9.17, 15) is 9.59 Å². The molecule has 5 heteroatoms. The lowest BCUT2D eigenvalue weighted by molar-refractivity contribution is -0.123. The molecule has 156 valence electrons. The summed E-state index contributed by atoms with van der Waals surface area (Å²) in [4.78, 5) is 32.7. The molecule has 2 aliphatic carbocycles. The summed E-state index contributed by atoms with van der Waals surface area (Å²) in [5.74, 6) is 0.690. The average molecular weight is 421 g/mol. The van der Waals surface area contributed by atoms with Crippen molar-refractivity contribution in [1.29, 1.82) is 0 Å². The first-order valence-electron chi connectivity index (χ1n) is 11.0. The van der Waals surface area contributed by atoms with Crippen LogP contribution >= 0.6 is 11.3 Å². The van der Waals surface area contributed by atoms with Crippen molar-refractivity contribution >= 4 is 28.3 Å². The van der Waals surface area contributed by atoms with Gasteiger partial charge in [-0.15, -0.1) is 11.3 Å². The summed E-state index contributed by atoms with van der Waals surface area (Å²) in [6.45, 7) is 8.67. The zero-order chi connectivity index (χ0) is 21.2. The number of amides is 2. The van der Waals surface area contributed by atoms with Crippen LogP contribution in [0.4, 0.5) is 5.13 Å². The lowest BCUT2D eigenvalue weighted by Gasteiger charge is -2.18. The van der Waals surface area contributed by atoms with Crippen LogP contribution < -0.4 is 4.90 Å². The minimum atomic E-state index is -0.177. The number of carbonyl (C=O) groups excluding carboxylic acids is 2. The molecule has 4 atom stereocenters. The van der Waals surface area contributed by atoms with Crippen LogP contribution in [-0.2, 0) is 16.0 Å². The molecule has 0 radical (unpaired) electrons. The van der Waals surface area contributed by atoms with E-state index in [1.807, 2.05) is 5.38 Å². The number of fused-ring (bicyclic) bond motifs is 5. The smallest absolute Gasteiger partial charge is 0.240 e. The van der Waals surface area contributed by atoms with E-state index in [1.54, 1.807) is 0 Å². The number of aromatic nitrogens is 1. The molecule has 1 aromatic heterocycles. The molecule has 5 rings (SSSR count). The van der Waals surface area contributed by atoms with Crippen molar-refractivity contribution in [2.24, 2.45) is 29.6 Å². The van der Waals surface area contributed by atoms with E-state index < -0.39 is 0 Å². The Balaban J connectivity index is 1.41. The Morgan fingerprint density at radius 1 is 1.07 bits per heavy atom. The average Bonchev–Trinajstić information content (AvgIpc) is 3.44. The second-order valence-electron chi connectivity index (χ2n) is 9.62. The zero-order valence-electron chi connectivity index (χ0n) is 18.0. The van der Waals surface area contributed by atoms with E-state index in [2.05, 4.69) is 52.0 Å². The van der Waals surface area contributed by atoms with E-state index >= 15 is 0 Å². The maximum atomic E-state index is 13.3. The summed E-state index contributed by atoms with van der Waals surface area (Å²) < 4.78 is 0. The number of hydrogen-bond donors (Lipinski definition) is 0. The molecule has 0 unspecified atom stereocenters. The summed E-state index contributed by atoms with van der Waals surface area (Å²) in [7, 11) is 0. The maximum absolute atomic E-state index is 13.3. The number of thiazole rings is 1. The van der Waals surface area contributed by atoms with Gasteiger partial charge in [-0.05, 0) is 56.4 Å². The molecule has 2 heterocycles. The lowest BCUT2D eigenvalue weighted by Crippen LogP contribution is -2.33. The quantitative estimate of drug-likeness (QED) is 0.485. The predicted molar refractivity (Wildman–Crippen MR) is 120 cm³/mol. The first-order chi connectivity index (χ1) is 14.4. The van der Waals surface area contributed by atoms with Crippen LogP contribution in [0.25, 0.3) is 11.3 Å². The van der Waals surface area contributed by atoms with E-state index in [-0.39, 0.29) is 35.5 Å². The summed E-state index contributed by atoms with van der Waals surface area (Å²) in [5, 5.41) is 2.48. The van der Waals surface area contributed by atoms with E-state index in [0.29, 0.717) is 11.0 Å². The van der Waals surface area contributed by atoms with Crippen LogP contribution in [0, 0.1) is 29.6 Å². The molecule has 1 aromatic carbocycles. The Labute approximate surface area is 182 Å². The van der Waals surface area contributed by atoms with Gasteiger partial charge < -0.3 is 0 Å². The molecular formula is C25H28N2O2S. The number of imide groups is 1. The van der Waals surface area contributed by atoms with Crippen molar-refractivity contribution < 1.29 is 9.59 Å². The molecule has 2 saturated carbocycles. The highest BCUT2D eigenvalue weighted by Gasteiger charge is 2.64. The first kappa shape index (κ1) is 19.7. The van der Waals surface area contributed by atoms with Crippen LogP contribution in [0.3, 0.4) is 0 Å².